The van der Waals surface area contributed by atoms with Gasteiger partial charge in [0.05, 0.1) is 22.3 Å². The summed E-state index contributed by atoms with van der Waals surface area (Å²) in [6.07, 6.45) is -0.546. The molecule has 1 fully saturated rings. The number of rotatable bonds is 5. The lowest BCUT2D eigenvalue weighted by Crippen LogP contribution is -2.29. The molecule has 8 heteroatoms. The van der Waals surface area contributed by atoms with E-state index in [4.69, 9.17) is 9.47 Å². The zero-order valence-electron chi connectivity index (χ0n) is 9.29. The number of nitrogens with zero attached hydrogens (tertiary/aromatic N) is 1. The van der Waals surface area contributed by atoms with E-state index in [1.54, 1.807) is 0 Å². The summed E-state index contributed by atoms with van der Waals surface area (Å²) >= 11 is 0. The Morgan fingerprint density at radius 1 is 1.65 bits per heavy atom. The predicted molar refractivity (Wildman–Crippen MR) is 57.9 cm³/mol. The van der Waals surface area contributed by atoms with Crippen LogP contribution in [0.25, 0.3) is 0 Å². The van der Waals surface area contributed by atoms with Gasteiger partial charge >= 0.3 is 0 Å². The number of hydrogen-bond donors (Lipinski definition) is 0. The second kappa shape index (κ2) is 5.01. The Morgan fingerprint density at radius 2 is 2.41 bits per heavy atom. The minimum Gasteiger partial charge on any atom is -0.492 e. The van der Waals surface area contributed by atoms with Crippen molar-refractivity contribution in [2.45, 2.75) is 25.6 Å². The molecule has 0 bridgehead atoms. The monoisotopic (exact) mass is 263 g/mol. The van der Waals surface area contributed by atoms with Gasteiger partial charge in [-0.05, 0) is 6.42 Å². The van der Waals surface area contributed by atoms with Crippen molar-refractivity contribution in [1.29, 1.82) is 0 Å². The summed E-state index contributed by atoms with van der Waals surface area (Å²) in [5.41, 5.74) is 0. The van der Waals surface area contributed by atoms with E-state index in [0.717, 1.165) is 6.42 Å². The standard InChI is InChI=1S/C9H13NO6S/c1-2-3-17(13)7-5-15-8-6(16-10(11)12)4-14-9(7)8/h6,8H,2-5H2,1H3/t6-,8-,17?/m1/s1. The van der Waals surface area contributed by atoms with Crippen molar-refractivity contribution in [2.75, 3.05) is 19.0 Å². The van der Waals surface area contributed by atoms with Crippen molar-refractivity contribution in [3.8, 4) is 0 Å². The van der Waals surface area contributed by atoms with Crippen molar-refractivity contribution in [3.05, 3.63) is 20.8 Å². The number of hydrogen-bond acceptors (Lipinski definition) is 6. The summed E-state index contributed by atoms with van der Waals surface area (Å²) in [7, 11) is -1.13. The van der Waals surface area contributed by atoms with E-state index in [-0.39, 0.29) is 13.2 Å². The van der Waals surface area contributed by atoms with Crippen molar-refractivity contribution in [3.63, 3.8) is 0 Å². The maximum Gasteiger partial charge on any atom is 0.295 e. The Balaban J connectivity index is 2.10. The molecule has 96 valence electrons. The lowest BCUT2D eigenvalue weighted by atomic mass is 10.2. The third kappa shape index (κ3) is 2.42. The lowest BCUT2D eigenvalue weighted by Gasteiger charge is -2.10. The number of fused-ring (bicyclic) bond motifs is 1. The van der Waals surface area contributed by atoms with Crippen LogP contribution >= 0.6 is 0 Å². The second-order valence-electron chi connectivity index (χ2n) is 3.75. The van der Waals surface area contributed by atoms with Crippen LogP contribution in [0, 0.1) is 10.1 Å². The van der Waals surface area contributed by atoms with Gasteiger partial charge in [-0.2, -0.15) is 0 Å². The van der Waals surface area contributed by atoms with Crippen molar-refractivity contribution < 1.29 is 23.6 Å². The average molecular weight is 263 g/mol. The van der Waals surface area contributed by atoms with Gasteiger partial charge in [0.25, 0.3) is 5.09 Å². The summed E-state index contributed by atoms with van der Waals surface area (Å²) in [4.78, 5) is 15.3. The molecular formula is C9H13NO6S. The Hall–Kier alpha value is -1.15. The fourth-order valence-corrected chi connectivity index (χ4v) is 3.07. The minimum atomic E-state index is -1.13. The maximum absolute atomic E-state index is 11.8. The Labute approximate surface area is 100 Å². The van der Waals surface area contributed by atoms with Crippen LogP contribution in [0.2, 0.25) is 0 Å². The van der Waals surface area contributed by atoms with Gasteiger partial charge in [0, 0.05) is 5.75 Å². The van der Waals surface area contributed by atoms with E-state index >= 15 is 0 Å². The van der Waals surface area contributed by atoms with E-state index in [1.165, 1.54) is 0 Å². The third-order valence-electron chi connectivity index (χ3n) is 2.55. The highest BCUT2D eigenvalue weighted by Gasteiger charge is 2.44. The molecule has 3 atom stereocenters. The highest BCUT2D eigenvalue weighted by Crippen LogP contribution is 2.33. The fraction of sp³-hybridized carbons (Fsp3) is 0.778. The molecule has 2 aliphatic heterocycles. The molecule has 0 amide bonds. The highest BCUT2D eigenvalue weighted by atomic mass is 32.2. The quantitative estimate of drug-likeness (QED) is 0.525. The SMILES string of the molecule is CCCS(=O)C1=C2OC[C@@H](O[N+](=O)[O-])[C@H]2OC1. The van der Waals surface area contributed by atoms with E-state index < -0.39 is 28.1 Å². The Bertz CT molecular complexity index is 382. The molecular weight excluding hydrogens is 250 g/mol. The van der Waals surface area contributed by atoms with Crippen LogP contribution in [0.4, 0.5) is 0 Å². The average Bonchev–Trinajstić information content (AvgIpc) is 2.80. The summed E-state index contributed by atoms with van der Waals surface area (Å²) in [6, 6.07) is 0. The normalized spacial score (nSPS) is 28.8. The summed E-state index contributed by atoms with van der Waals surface area (Å²) in [5.74, 6) is 1.00. The molecule has 0 aliphatic carbocycles. The zero-order valence-corrected chi connectivity index (χ0v) is 10.1. The first-order chi connectivity index (χ1) is 8.13. The smallest absolute Gasteiger partial charge is 0.295 e. The molecule has 0 spiro atoms. The lowest BCUT2D eigenvalue weighted by molar-refractivity contribution is -0.769. The minimum absolute atomic E-state index is 0.0633. The molecule has 2 aliphatic rings. The molecule has 17 heavy (non-hydrogen) atoms. The van der Waals surface area contributed by atoms with Gasteiger partial charge in [0.1, 0.15) is 18.5 Å². The van der Waals surface area contributed by atoms with Crippen molar-refractivity contribution in [2.24, 2.45) is 0 Å². The number of ether oxygens (including phenoxy) is 2. The molecule has 0 aromatic heterocycles. The summed E-state index contributed by atoms with van der Waals surface area (Å²) in [6.45, 7) is 2.20. The molecule has 1 saturated heterocycles. The van der Waals surface area contributed by atoms with Gasteiger partial charge in [-0.15, -0.1) is 10.1 Å². The van der Waals surface area contributed by atoms with Crippen molar-refractivity contribution >= 4 is 10.8 Å². The largest absolute Gasteiger partial charge is 0.492 e. The first-order valence-corrected chi connectivity index (χ1v) is 6.62. The molecule has 0 N–H and O–H groups in total. The molecule has 2 rings (SSSR count). The van der Waals surface area contributed by atoms with E-state index in [0.29, 0.717) is 16.4 Å². The fourth-order valence-electron chi connectivity index (χ4n) is 1.85. The van der Waals surface area contributed by atoms with Crippen LogP contribution in [-0.2, 0) is 25.1 Å². The van der Waals surface area contributed by atoms with Crippen molar-refractivity contribution in [1.82, 2.24) is 0 Å². The molecule has 2 heterocycles. The van der Waals surface area contributed by atoms with Crippen LogP contribution in [0.3, 0.4) is 0 Å². The first kappa shape index (κ1) is 12.3. The van der Waals surface area contributed by atoms with Crippen LogP contribution in [0.5, 0.6) is 0 Å². The van der Waals surface area contributed by atoms with Gasteiger partial charge in [0.15, 0.2) is 6.10 Å². The highest BCUT2D eigenvalue weighted by molar-refractivity contribution is 7.89. The van der Waals surface area contributed by atoms with Crippen LogP contribution < -0.4 is 0 Å². The van der Waals surface area contributed by atoms with Crippen LogP contribution in [0.15, 0.2) is 10.7 Å². The third-order valence-corrected chi connectivity index (χ3v) is 4.20. The molecule has 7 nitrogen and oxygen atoms in total. The first-order valence-electron chi connectivity index (χ1n) is 5.30. The topological polar surface area (TPSA) is 87.9 Å². The van der Waals surface area contributed by atoms with Gasteiger partial charge in [-0.3, -0.25) is 4.21 Å². The van der Waals surface area contributed by atoms with Gasteiger partial charge < -0.3 is 14.3 Å². The van der Waals surface area contributed by atoms with Gasteiger partial charge in [0.2, 0.25) is 0 Å². The zero-order chi connectivity index (χ0) is 12.4. The summed E-state index contributed by atoms with van der Waals surface area (Å²) in [5, 5.41) is 9.40. The predicted octanol–water partition coefficient (Wildman–Crippen LogP) is 0.363. The van der Waals surface area contributed by atoms with E-state index in [9.17, 15) is 14.3 Å². The van der Waals surface area contributed by atoms with Gasteiger partial charge in [-0.25, -0.2) is 0 Å². The van der Waals surface area contributed by atoms with E-state index in [1.807, 2.05) is 6.92 Å². The van der Waals surface area contributed by atoms with Crippen LogP contribution in [0.1, 0.15) is 13.3 Å². The van der Waals surface area contributed by atoms with Gasteiger partial charge in [-0.1, -0.05) is 6.92 Å². The summed E-state index contributed by atoms with van der Waals surface area (Å²) < 4.78 is 22.5. The molecule has 0 radical (unpaired) electrons. The molecule has 0 saturated carbocycles. The Kier molecular flexibility index (Phi) is 3.63. The molecule has 0 aromatic rings. The molecule has 1 unspecified atom stereocenters. The second-order valence-corrected chi connectivity index (χ2v) is 5.34. The maximum atomic E-state index is 11.8. The Morgan fingerprint density at radius 3 is 3.06 bits per heavy atom. The van der Waals surface area contributed by atoms with Crippen LogP contribution in [-0.4, -0.2) is 40.5 Å². The molecule has 0 aromatic carbocycles. The van der Waals surface area contributed by atoms with E-state index in [2.05, 4.69) is 4.84 Å².